The molecule has 0 aromatic carbocycles. The Bertz CT molecular complexity index is 1480. The summed E-state index contributed by atoms with van der Waals surface area (Å²) in [6.07, 6.45) is 0.843. The lowest BCUT2D eigenvalue weighted by Crippen LogP contribution is -2.37. The van der Waals surface area contributed by atoms with E-state index in [2.05, 4.69) is 19.9 Å². The molecule has 0 aliphatic carbocycles. The fraction of sp³-hybridized carbons (Fsp3) is 0.565. The maximum Gasteiger partial charge on any atom is 0.330 e. The number of hydrogen-bond acceptors (Lipinski definition) is 13. The van der Waals surface area contributed by atoms with Gasteiger partial charge in [-0.15, -0.1) is 0 Å². The van der Waals surface area contributed by atoms with Crippen LogP contribution in [0, 0.1) is 12.8 Å². The zero-order chi connectivity index (χ0) is 29.6. The Balaban J connectivity index is 0.000000230. The second-order valence-corrected chi connectivity index (χ2v) is 9.41. The molecule has 40 heavy (non-hydrogen) atoms. The van der Waals surface area contributed by atoms with Crippen LogP contribution in [0.1, 0.15) is 32.1 Å². The summed E-state index contributed by atoms with van der Waals surface area (Å²) in [4.78, 5) is 58.4. The molecular weight excluding hydrogens is 532 g/mol. The number of aromatic nitrogens is 6. The first kappa shape index (κ1) is 30.6. The summed E-state index contributed by atoms with van der Waals surface area (Å²) in [6, 6.07) is -0.647. The number of ether oxygens (including phenoxy) is 3. The van der Waals surface area contributed by atoms with Crippen molar-refractivity contribution < 1.29 is 29.2 Å². The number of imidazole rings is 1. The molecule has 17 heteroatoms. The van der Waals surface area contributed by atoms with E-state index in [1.54, 1.807) is 6.92 Å². The Kier molecular flexibility index (Phi) is 10.3. The first-order valence-corrected chi connectivity index (χ1v) is 12.4. The highest BCUT2D eigenvalue weighted by Crippen LogP contribution is 2.27. The second kappa shape index (κ2) is 13.4. The predicted molar refractivity (Wildman–Crippen MR) is 140 cm³/mol. The van der Waals surface area contributed by atoms with Crippen LogP contribution in [0.25, 0.3) is 11.2 Å². The van der Waals surface area contributed by atoms with Crippen LogP contribution in [0.15, 0.2) is 26.9 Å². The third-order valence-electron chi connectivity index (χ3n) is 6.03. The highest BCUT2D eigenvalue weighted by Gasteiger charge is 2.35. The summed E-state index contributed by atoms with van der Waals surface area (Å²) < 4.78 is 18.4. The van der Waals surface area contributed by atoms with Gasteiger partial charge in [0, 0.05) is 18.2 Å². The first-order valence-electron chi connectivity index (χ1n) is 12.4. The van der Waals surface area contributed by atoms with Gasteiger partial charge in [0.05, 0.1) is 25.6 Å². The van der Waals surface area contributed by atoms with Crippen LogP contribution in [-0.4, -0.2) is 83.3 Å². The highest BCUT2D eigenvalue weighted by molar-refractivity contribution is 5.75. The number of aliphatic hydroxyl groups excluding tert-OH is 2. The first-order chi connectivity index (χ1) is 18.9. The van der Waals surface area contributed by atoms with Gasteiger partial charge in [0.2, 0.25) is 5.95 Å². The summed E-state index contributed by atoms with van der Waals surface area (Å²) in [5.41, 5.74) is 10.6. The molecule has 220 valence electrons. The number of H-pyrrole nitrogens is 2. The molecule has 0 spiro atoms. The van der Waals surface area contributed by atoms with Crippen LogP contribution in [0.5, 0.6) is 0 Å². The fourth-order valence-electron chi connectivity index (χ4n) is 3.65. The number of nitrogen functional groups attached to an aromatic ring is 1. The normalized spacial score (nSPS) is 19.4. The van der Waals surface area contributed by atoms with Crippen molar-refractivity contribution in [3.63, 3.8) is 0 Å². The van der Waals surface area contributed by atoms with Crippen molar-refractivity contribution in [3.8, 4) is 0 Å². The molecule has 4 heterocycles. The Hall–Kier alpha value is -3.90. The molecule has 0 radical (unpaired) electrons. The minimum atomic E-state index is -0.816. The van der Waals surface area contributed by atoms with Crippen LogP contribution >= 0.6 is 0 Å². The summed E-state index contributed by atoms with van der Waals surface area (Å²) in [6.45, 7) is 5.30. The second-order valence-electron chi connectivity index (χ2n) is 9.41. The number of aryl methyl sites for hydroxylation is 1. The number of carbonyl (C=O) groups excluding carboxylic acids is 1. The zero-order valence-electron chi connectivity index (χ0n) is 22.3. The fourth-order valence-corrected chi connectivity index (χ4v) is 3.65. The van der Waals surface area contributed by atoms with Crippen LogP contribution in [-0.2, 0) is 25.7 Å². The van der Waals surface area contributed by atoms with Crippen molar-refractivity contribution in [1.29, 1.82) is 0 Å². The van der Waals surface area contributed by atoms with Gasteiger partial charge in [-0.1, -0.05) is 13.8 Å². The molecule has 4 atom stereocenters. The summed E-state index contributed by atoms with van der Waals surface area (Å²) in [5.74, 6) is -0.450. The number of esters is 1. The molecule has 3 aromatic rings. The van der Waals surface area contributed by atoms with E-state index in [0.717, 1.165) is 0 Å². The third kappa shape index (κ3) is 7.39. The number of hydrogen-bond donors (Lipinski definition) is 6. The van der Waals surface area contributed by atoms with E-state index >= 15 is 0 Å². The molecule has 0 bridgehead atoms. The lowest BCUT2D eigenvalue weighted by Gasteiger charge is -2.14. The topological polar surface area (TPSA) is 256 Å². The van der Waals surface area contributed by atoms with Crippen molar-refractivity contribution in [1.82, 2.24) is 29.1 Å². The van der Waals surface area contributed by atoms with Crippen LogP contribution in [0.4, 0.5) is 5.95 Å². The molecule has 0 amide bonds. The minimum absolute atomic E-state index is 0.000790. The van der Waals surface area contributed by atoms with E-state index in [-0.39, 0.29) is 50.4 Å². The number of rotatable bonds is 9. The SMILES string of the molecule is CC(C)[C@H](N)C(=O)OCCOCn1cnc2c(=O)[nH]c(N)nc21.Cc1cn([C@H]2C[C@H](O)[C@@H](CO)O2)c(=O)[nH]c1=O. The van der Waals surface area contributed by atoms with Gasteiger partial charge in [-0.25, -0.2) is 9.78 Å². The van der Waals surface area contributed by atoms with Crippen molar-refractivity contribution in [2.75, 3.05) is 25.6 Å². The van der Waals surface area contributed by atoms with E-state index in [0.29, 0.717) is 11.2 Å². The number of aromatic amines is 2. The van der Waals surface area contributed by atoms with Crippen LogP contribution in [0.3, 0.4) is 0 Å². The van der Waals surface area contributed by atoms with Crippen LogP contribution < -0.4 is 28.3 Å². The number of aliphatic hydroxyl groups is 2. The Morgan fingerprint density at radius 2 is 1.98 bits per heavy atom. The van der Waals surface area contributed by atoms with Crippen molar-refractivity contribution in [3.05, 3.63) is 49.3 Å². The molecule has 17 nitrogen and oxygen atoms in total. The number of nitrogens with two attached hydrogens (primary N) is 2. The molecule has 1 aliphatic rings. The van der Waals surface area contributed by atoms with Gasteiger partial charge in [0.15, 0.2) is 11.2 Å². The number of nitrogens with one attached hydrogen (secondary N) is 2. The van der Waals surface area contributed by atoms with Gasteiger partial charge < -0.3 is 35.9 Å². The van der Waals surface area contributed by atoms with E-state index < -0.39 is 47.3 Å². The minimum Gasteiger partial charge on any atom is -0.462 e. The van der Waals surface area contributed by atoms with Crippen molar-refractivity contribution in [2.45, 2.75) is 58.4 Å². The Morgan fingerprint density at radius 3 is 2.62 bits per heavy atom. The maximum absolute atomic E-state index is 11.6. The Labute approximate surface area is 226 Å². The van der Waals surface area contributed by atoms with E-state index in [4.69, 9.17) is 30.8 Å². The number of carbonyl (C=O) groups is 1. The standard InChI is InChI=1S/C13H20N6O4.C10H14N2O5/c1-7(2)8(14)12(21)23-4-3-22-6-19-5-16-9-10(19)17-13(15)18-11(9)20;1-5-3-12(10(16)11-9(5)15)8-2-6(14)7(4-13)17-8/h5,7-8H,3-4,6,14H2,1-2H3,(H3,15,17,18,20);3,6-8,13-14H,2,4H2,1H3,(H,11,15,16)/t8-;6-,7+,8+/m00/s1. The van der Waals surface area contributed by atoms with Gasteiger partial charge in [-0.3, -0.25) is 33.5 Å². The monoisotopic (exact) mass is 566 g/mol. The van der Waals surface area contributed by atoms with Crippen LogP contribution in [0.2, 0.25) is 0 Å². The molecule has 1 fully saturated rings. The molecule has 3 aromatic heterocycles. The summed E-state index contributed by atoms with van der Waals surface area (Å²) in [5, 5.41) is 18.5. The maximum atomic E-state index is 11.6. The van der Waals surface area contributed by atoms with E-state index in [1.807, 2.05) is 13.8 Å². The molecule has 8 N–H and O–H groups in total. The third-order valence-corrected chi connectivity index (χ3v) is 6.03. The van der Waals surface area contributed by atoms with Crippen molar-refractivity contribution >= 4 is 23.1 Å². The summed E-state index contributed by atoms with van der Waals surface area (Å²) >= 11 is 0. The van der Waals surface area contributed by atoms with E-state index in [1.165, 1.54) is 21.7 Å². The molecule has 4 rings (SSSR count). The van der Waals surface area contributed by atoms with Gasteiger partial charge >= 0.3 is 11.7 Å². The molecule has 1 aliphatic heterocycles. The lowest BCUT2D eigenvalue weighted by molar-refractivity contribution is -0.148. The largest absolute Gasteiger partial charge is 0.462 e. The van der Waals surface area contributed by atoms with Gasteiger partial charge in [-0.2, -0.15) is 4.98 Å². The lowest BCUT2D eigenvalue weighted by atomic mass is 10.1. The molecule has 0 saturated carbocycles. The van der Waals surface area contributed by atoms with E-state index in [9.17, 15) is 24.3 Å². The quantitative estimate of drug-likeness (QED) is 0.118. The average Bonchev–Trinajstić information content (AvgIpc) is 3.48. The molecule has 1 saturated heterocycles. The predicted octanol–water partition coefficient (Wildman–Crippen LogP) is -2.31. The number of fused-ring (bicyclic) bond motifs is 1. The van der Waals surface area contributed by atoms with Crippen molar-refractivity contribution in [2.24, 2.45) is 11.7 Å². The Morgan fingerprint density at radius 1 is 1.25 bits per heavy atom. The molecular formula is C23H34N8O9. The summed E-state index contributed by atoms with van der Waals surface area (Å²) in [7, 11) is 0. The molecule has 0 unspecified atom stereocenters. The van der Waals surface area contributed by atoms with Gasteiger partial charge in [0.1, 0.15) is 31.7 Å². The zero-order valence-corrected chi connectivity index (χ0v) is 22.3. The average molecular weight is 567 g/mol. The van der Waals surface area contributed by atoms with Gasteiger partial charge in [-0.05, 0) is 12.8 Å². The highest BCUT2D eigenvalue weighted by atomic mass is 16.6. The smallest absolute Gasteiger partial charge is 0.330 e. The van der Waals surface area contributed by atoms with Gasteiger partial charge in [0.25, 0.3) is 11.1 Å². The number of nitrogens with zero attached hydrogens (tertiary/aromatic N) is 4. The number of anilines is 1.